The molecule has 146 valence electrons. The Morgan fingerprint density at radius 2 is 1.75 bits per heavy atom. The summed E-state index contributed by atoms with van der Waals surface area (Å²) in [6.07, 6.45) is -0.207. The number of aryl methyl sites for hydroxylation is 1. The molecule has 3 unspecified atom stereocenters. The zero-order valence-corrected chi connectivity index (χ0v) is 16.8. The SMILES string of the molecule is Cc1ccc(S(=O)(=O)N2CC(c3ccccc3)C(C(=O)C3(C)OC3C)=N2)cc1. The van der Waals surface area contributed by atoms with Crippen molar-refractivity contribution in [3.63, 3.8) is 0 Å². The number of hydrogen-bond donors (Lipinski definition) is 0. The van der Waals surface area contributed by atoms with Gasteiger partial charge in [0.15, 0.2) is 5.60 Å². The lowest BCUT2D eigenvalue weighted by Crippen LogP contribution is -2.33. The van der Waals surface area contributed by atoms with Crippen LogP contribution in [0.4, 0.5) is 0 Å². The lowest BCUT2D eigenvalue weighted by molar-refractivity contribution is -0.117. The highest BCUT2D eigenvalue weighted by molar-refractivity contribution is 7.89. The number of benzene rings is 2. The zero-order valence-electron chi connectivity index (χ0n) is 16.0. The molecule has 0 saturated carbocycles. The van der Waals surface area contributed by atoms with Crippen molar-refractivity contribution < 1.29 is 17.9 Å². The molecule has 2 aliphatic rings. The molecular weight excluding hydrogens is 376 g/mol. The van der Waals surface area contributed by atoms with Gasteiger partial charge < -0.3 is 4.74 Å². The predicted molar refractivity (Wildman–Crippen MR) is 106 cm³/mol. The van der Waals surface area contributed by atoms with E-state index in [2.05, 4.69) is 5.10 Å². The van der Waals surface area contributed by atoms with Crippen LogP contribution in [0.15, 0.2) is 64.6 Å². The van der Waals surface area contributed by atoms with Gasteiger partial charge in [-0.25, -0.2) is 0 Å². The maximum absolute atomic E-state index is 13.1. The normalized spacial score (nSPS) is 26.8. The second-order valence-corrected chi connectivity index (χ2v) is 9.31. The molecule has 2 aliphatic heterocycles. The number of hydrogen-bond acceptors (Lipinski definition) is 5. The molecule has 0 bridgehead atoms. The summed E-state index contributed by atoms with van der Waals surface area (Å²) in [4.78, 5) is 13.3. The second-order valence-electron chi connectivity index (χ2n) is 7.47. The van der Waals surface area contributed by atoms with E-state index in [4.69, 9.17) is 4.74 Å². The largest absolute Gasteiger partial charge is 0.358 e. The molecule has 0 amide bonds. The number of ketones is 1. The minimum atomic E-state index is -3.85. The number of nitrogens with zero attached hydrogens (tertiary/aromatic N) is 2. The summed E-state index contributed by atoms with van der Waals surface area (Å²) in [5, 5.41) is 4.29. The topological polar surface area (TPSA) is 79.3 Å². The second kappa shape index (κ2) is 6.53. The maximum atomic E-state index is 13.1. The molecule has 2 aromatic rings. The molecule has 3 atom stereocenters. The Kier molecular flexibility index (Phi) is 4.39. The Morgan fingerprint density at radius 3 is 2.32 bits per heavy atom. The fourth-order valence-electron chi connectivity index (χ4n) is 3.44. The smallest absolute Gasteiger partial charge is 0.279 e. The number of rotatable bonds is 5. The van der Waals surface area contributed by atoms with Crippen molar-refractivity contribution in [2.75, 3.05) is 6.54 Å². The van der Waals surface area contributed by atoms with Gasteiger partial charge in [-0.05, 0) is 38.5 Å². The fraction of sp³-hybridized carbons (Fsp3) is 0.333. The van der Waals surface area contributed by atoms with Crippen molar-refractivity contribution in [2.24, 2.45) is 5.10 Å². The maximum Gasteiger partial charge on any atom is 0.279 e. The number of carbonyl (C=O) groups is 1. The Hall–Kier alpha value is -2.51. The third-order valence-corrected chi connectivity index (χ3v) is 7.16. The van der Waals surface area contributed by atoms with Crippen LogP contribution in [0.2, 0.25) is 0 Å². The van der Waals surface area contributed by atoms with E-state index in [1.165, 1.54) is 0 Å². The van der Waals surface area contributed by atoms with Gasteiger partial charge in [-0.15, -0.1) is 0 Å². The van der Waals surface area contributed by atoms with Crippen LogP contribution in [0, 0.1) is 6.92 Å². The van der Waals surface area contributed by atoms with Crippen molar-refractivity contribution in [1.82, 2.24) is 4.41 Å². The number of ether oxygens (including phenoxy) is 1. The molecule has 0 radical (unpaired) electrons. The first-order valence-corrected chi connectivity index (χ1v) is 10.6. The molecule has 1 fully saturated rings. The van der Waals surface area contributed by atoms with Crippen LogP contribution in [-0.4, -0.2) is 42.6 Å². The summed E-state index contributed by atoms with van der Waals surface area (Å²) in [5.41, 5.74) is 1.12. The third-order valence-electron chi connectivity index (χ3n) is 5.51. The Labute approximate surface area is 164 Å². The number of sulfonamides is 1. The van der Waals surface area contributed by atoms with Gasteiger partial charge >= 0.3 is 0 Å². The van der Waals surface area contributed by atoms with Gasteiger partial charge in [0.1, 0.15) is 5.71 Å². The van der Waals surface area contributed by atoms with E-state index >= 15 is 0 Å². The van der Waals surface area contributed by atoms with Crippen LogP contribution < -0.4 is 0 Å². The van der Waals surface area contributed by atoms with Crippen LogP contribution in [-0.2, 0) is 19.6 Å². The summed E-state index contributed by atoms with van der Waals surface area (Å²) in [6.45, 7) is 5.53. The molecule has 1 saturated heterocycles. The van der Waals surface area contributed by atoms with Crippen LogP contribution in [0.5, 0.6) is 0 Å². The Morgan fingerprint density at radius 1 is 1.14 bits per heavy atom. The molecule has 0 spiro atoms. The van der Waals surface area contributed by atoms with Gasteiger partial charge in [-0.2, -0.15) is 17.9 Å². The van der Waals surface area contributed by atoms with E-state index in [0.29, 0.717) is 0 Å². The van der Waals surface area contributed by atoms with E-state index in [1.54, 1.807) is 31.2 Å². The van der Waals surface area contributed by atoms with Crippen LogP contribution in [0.1, 0.15) is 30.9 Å². The first-order valence-electron chi connectivity index (χ1n) is 9.19. The van der Waals surface area contributed by atoms with Crippen LogP contribution >= 0.6 is 0 Å². The molecule has 7 heteroatoms. The lowest BCUT2D eigenvalue weighted by atomic mass is 9.87. The highest BCUT2D eigenvalue weighted by atomic mass is 32.2. The molecule has 0 aromatic heterocycles. The number of hydrazone groups is 1. The highest BCUT2D eigenvalue weighted by Gasteiger charge is 2.58. The van der Waals surface area contributed by atoms with E-state index in [0.717, 1.165) is 15.5 Å². The highest BCUT2D eigenvalue weighted by Crippen LogP contribution is 2.40. The van der Waals surface area contributed by atoms with Gasteiger partial charge in [-0.3, -0.25) is 4.79 Å². The number of carbonyl (C=O) groups excluding carboxylic acids is 1. The molecule has 0 N–H and O–H groups in total. The molecule has 28 heavy (non-hydrogen) atoms. The van der Waals surface area contributed by atoms with Crippen molar-refractivity contribution in [2.45, 2.75) is 43.3 Å². The standard InChI is InChI=1S/C21H22N2O4S/c1-14-9-11-17(12-10-14)28(25,26)23-13-18(16-7-5-4-6-8-16)19(22-23)20(24)21(3)15(2)27-21/h4-12,15,18H,13H2,1-3H3. The average Bonchev–Trinajstić information content (AvgIpc) is 3.10. The van der Waals surface area contributed by atoms with Gasteiger partial charge in [0.25, 0.3) is 10.0 Å². The summed E-state index contributed by atoms with van der Waals surface area (Å²) in [7, 11) is -3.85. The Balaban J connectivity index is 1.74. The van der Waals surface area contributed by atoms with Crippen molar-refractivity contribution in [3.8, 4) is 0 Å². The van der Waals surface area contributed by atoms with Gasteiger partial charge in [-0.1, -0.05) is 48.0 Å². The zero-order chi connectivity index (χ0) is 20.1. The molecule has 0 aliphatic carbocycles. The fourth-order valence-corrected chi connectivity index (χ4v) is 4.70. The van der Waals surface area contributed by atoms with Crippen molar-refractivity contribution in [3.05, 3.63) is 65.7 Å². The Bertz CT molecular complexity index is 1050. The van der Waals surface area contributed by atoms with Gasteiger partial charge in [0, 0.05) is 0 Å². The van der Waals surface area contributed by atoms with E-state index in [1.807, 2.05) is 44.2 Å². The minimum Gasteiger partial charge on any atom is -0.358 e. The van der Waals surface area contributed by atoms with Crippen molar-refractivity contribution >= 4 is 21.5 Å². The number of Topliss-reactive ketones (excluding diaryl/α,β-unsaturated/α-hetero) is 1. The summed E-state index contributed by atoms with van der Waals surface area (Å²) in [6, 6.07) is 16.0. The first-order chi connectivity index (χ1) is 13.2. The summed E-state index contributed by atoms with van der Waals surface area (Å²) < 4.78 is 32.7. The summed E-state index contributed by atoms with van der Waals surface area (Å²) in [5.74, 6) is -0.683. The molecule has 2 heterocycles. The number of epoxide rings is 1. The van der Waals surface area contributed by atoms with Crippen LogP contribution in [0.25, 0.3) is 0 Å². The monoisotopic (exact) mass is 398 g/mol. The molecular formula is C21H22N2O4S. The van der Waals surface area contributed by atoms with Crippen molar-refractivity contribution in [1.29, 1.82) is 0 Å². The van der Waals surface area contributed by atoms with E-state index in [-0.39, 0.29) is 29.0 Å². The predicted octanol–water partition coefficient (Wildman–Crippen LogP) is 2.89. The quantitative estimate of drug-likeness (QED) is 0.726. The van der Waals surface area contributed by atoms with Crippen LogP contribution in [0.3, 0.4) is 0 Å². The third kappa shape index (κ3) is 3.04. The molecule has 4 rings (SSSR count). The first kappa shape index (κ1) is 18.8. The van der Waals surface area contributed by atoms with E-state index < -0.39 is 21.5 Å². The van der Waals surface area contributed by atoms with E-state index in [9.17, 15) is 13.2 Å². The lowest BCUT2D eigenvalue weighted by Gasteiger charge is -2.17. The van der Waals surface area contributed by atoms with Gasteiger partial charge in [0.05, 0.1) is 23.5 Å². The average molecular weight is 398 g/mol. The van der Waals surface area contributed by atoms with Gasteiger partial charge in [0.2, 0.25) is 5.78 Å². The minimum absolute atomic E-state index is 0.0890. The molecule has 2 aromatic carbocycles. The molecule has 6 nitrogen and oxygen atoms in total. The summed E-state index contributed by atoms with van der Waals surface area (Å²) >= 11 is 0.